The molecule has 2 aliphatic rings. The van der Waals surface area contributed by atoms with Crippen molar-refractivity contribution in [1.29, 1.82) is 0 Å². The van der Waals surface area contributed by atoms with Crippen molar-refractivity contribution in [1.82, 2.24) is 26.1 Å². The first-order chi connectivity index (χ1) is 19.9. The topological polar surface area (TPSA) is 130 Å². The Kier molecular flexibility index (Phi) is 9.86. The number of carbonyl (C=O) groups excluding carboxylic acids is 4. The maximum atomic E-state index is 13.3. The molecular weight excluding hydrogens is 534 g/mol. The molecule has 1 saturated carbocycles. The van der Waals surface area contributed by atoms with E-state index >= 15 is 0 Å². The third-order valence-corrected chi connectivity index (χ3v) is 8.47. The Hall–Kier alpha value is -3.53. The van der Waals surface area contributed by atoms with Crippen LogP contribution in [0.4, 0.5) is 0 Å². The summed E-state index contributed by atoms with van der Waals surface area (Å²) in [6.45, 7) is 11.5. The minimum atomic E-state index is -0.912. The third kappa shape index (κ3) is 7.45. The van der Waals surface area contributed by atoms with Crippen LogP contribution in [-0.2, 0) is 30.3 Å². The van der Waals surface area contributed by atoms with Gasteiger partial charge < -0.3 is 15.4 Å². The predicted octanol–water partition coefficient (Wildman–Crippen LogP) is 3.73. The fraction of sp³-hybridized carbons (Fsp3) is 0.594. The first kappa shape index (κ1) is 31.4. The van der Waals surface area contributed by atoms with Crippen molar-refractivity contribution < 1.29 is 23.9 Å². The number of fused-ring (bicyclic) bond motifs is 1. The fourth-order valence-corrected chi connectivity index (χ4v) is 4.93. The molecule has 1 aromatic heterocycles. The number of aromatic nitrogens is 1. The zero-order chi connectivity index (χ0) is 30.6. The Labute approximate surface area is 248 Å². The van der Waals surface area contributed by atoms with Crippen molar-refractivity contribution in [2.75, 3.05) is 6.54 Å². The highest BCUT2D eigenvalue weighted by Gasteiger charge is 2.42. The highest BCUT2D eigenvalue weighted by Crippen LogP contribution is 2.36. The highest BCUT2D eigenvalue weighted by atomic mass is 16.6. The van der Waals surface area contributed by atoms with Crippen molar-refractivity contribution in [3.63, 3.8) is 0 Å². The van der Waals surface area contributed by atoms with Gasteiger partial charge in [-0.1, -0.05) is 32.0 Å². The lowest BCUT2D eigenvalue weighted by Gasteiger charge is -2.35. The summed E-state index contributed by atoms with van der Waals surface area (Å²) in [5.41, 5.74) is 5.21. The molecule has 10 nitrogen and oxygen atoms in total. The second kappa shape index (κ2) is 13.2. The molecule has 228 valence electrons. The zero-order valence-corrected chi connectivity index (χ0v) is 25.7. The number of hydrazine groups is 1. The molecule has 3 N–H and O–H groups in total. The van der Waals surface area contributed by atoms with Crippen molar-refractivity contribution in [3.8, 4) is 0 Å². The van der Waals surface area contributed by atoms with Crippen LogP contribution in [0.1, 0.15) is 90.9 Å². The van der Waals surface area contributed by atoms with Gasteiger partial charge >= 0.3 is 5.97 Å². The number of pyridine rings is 1. The van der Waals surface area contributed by atoms with Crippen LogP contribution in [0.3, 0.4) is 0 Å². The summed E-state index contributed by atoms with van der Waals surface area (Å²) in [5, 5.41) is 8.22. The molecule has 2 heterocycles. The van der Waals surface area contributed by atoms with Crippen molar-refractivity contribution >= 4 is 34.6 Å². The van der Waals surface area contributed by atoms with Gasteiger partial charge in [-0.3, -0.25) is 29.2 Å². The van der Waals surface area contributed by atoms with E-state index in [0.29, 0.717) is 25.8 Å². The molecule has 1 aliphatic heterocycles. The predicted molar refractivity (Wildman–Crippen MR) is 160 cm³/mol. The van der Waals surface area contributed by atoms with E-state index in [1.165, 1.54) is 10.6 Å². The summed E-state index contributed by atoms with van der Waals surface area (Å²) in [5.74, 6) is -1.49. The zero-order valence-electron chi connectivity index (χ0n) is 25.7. The first-order valence-electron chi connectivity index (χ1n) is 15.2. The lowest BCUT2D eigenvalue weighted by atomic mass is 9.90. The van der Waals surface area contributed by atoms with E-state index in [1.54, 1.807) is 20.8 Å². The van der Waals surface area contributed by atoms with Crippen LogP contribution in [-0.4, -0.2) is 58.4 Å². The number of hydrogen-bond acceptors (Lipinski definition) is 7. The highest BCUT2D eigenvalue weighted by molar-refractivity contribution is 5.91. The molecule has 0 bridgehead atoms. The molecule has 1 aromatic carbocycles. The van der Waals surface area contributed by atoms with Crippen LogP contribution in [0, 0.1) is 11.3 Å². The average Bonchev–Trinajstić information content (AvgIpc) is 3.83. The van der Waals surface area contributed by atoms with Gasteiger partial charge in [0.25, 0.3) is 11.8 Å². The standard InChI is InChI=1S/C32H45N5O5/c1-7-21-11-12-22-15-16-24(35-26(22)18-21)19(3)33-28(38)25-10-9-17-37(36-25)30(40)20(4)34-29(39)27(23-13-14-23)42-31(41)32(5,6)8-2/h11-12,15-16,18-20,23,25,27,36H,7-10,13-14,17H2,1-6H3,(H,33,38)(H,34,39)/t19-,20+,25+,27-/m1/s1. The van der Waals surface area contributed by atoms with Gasteiger partial charge in [0, 0.05) is 17.8 Å². The number of esters is 1. The van der Waals surface area contributed by atoms with E-state index in [1.807, 2.05) is 26.0 Å². The Bertz CT molecular complexity index is 1320. The van der Waals surface area contributed by atoms with Gasteiger partial charge in [0.05, 0.1) is 22.7 Å². The number of hydrogen-bond donors (Lipinski definition) is 3. The number of carbonyl (C=O) groups is 4. The Morgan fingerprint density at radius 3 is 2.45 bits per heavy atom. The van der Waals surface area contributed by atoms with Crippen LogP contribution < -0.4 is 16.1 Å². The molecule has 2 aromatic rings. The SMILES string of the molecule is CCc1ccc2ccc([C@@H](C)NC(=O)[C@@H]3CCCN(C(=O)[C@H](C)NC(=O)[C@H](OC(=O)C(C)(C)CC)C4CC4)N3)nc2c1. The number of amides is 3. The number of nitrogens with zero attached hydrogens (tertiary/aromatic N) is 2. The lowest BCUT2D eigenvalue weighted by Crippen LogP contribution is -2.61. The Morgan fingerprint density at radius 1 is 1.07 bits per heavy atom. The molecule has 1 saturated heterocycles. The second-order valence-electron chi connectivity index (χ2n) is 12.3. The quantitative estimate of drug-likeness (QED) is 0.346. The van der Waals surface area contributed by atoms with Gasteiger partial charge in [0.15, 0.2) is 6.10 Å². The number of aryl methyl sites for hydroxylation is 1. The minimum Gasteiger partial charge on any atom is -0.452 e. The summed E-state index contributed by atoms with van der Waals surface area (Å²) in [6.07, 6.45) is 3.41. The van der Waals surface area contributed by atoms with E-state index < -0.39 is 35.5 Å². The molecule has 0 spiro atoms. The summed E-state index contributed by atoms with van der Waals surface area (Å²) in [6, 6.07) is 8.37. The van der Waals surface area contributed by atoms with Crippen molar-refractivity contribution in [3.05, 3.63) is 41.6 Å². The smallest absolute Gasteiger partial charge is 0.312 e. The van der Waals surface area contributed by atoms with E-state index in [0.717, 1.165) is 35.9 Å². The molecule has 4 rings (SSSR count). The van der Waals surface area contributed by atoms with Gasteiger partial charge in [-0.15, -0.1) is 0 Å². The third-order valence-electron chi connectivity index (χ3n) is 8.47. The largest absolute Gasteiger partial charge is 0.452 e. The van der Waals surface area contributed by atoms with E-state index in [9.17, 15) is 19.2 Å². The van der Waals surface area contributed by atoms with Gasteiger partial charge in [-0.2, -0.15) is 0 Å². The van der Waals surface area contributed by atoms with Crippen molar-refractivity contribution in [2.24, 2.45) is 11.3 Å². The number of benzene rings is 1. The monoisotopic (exact) mass is 579 g/mol. The molecule has 0 radical (unpaired) electrons. The molecule has 0 unspecified atom stereocenters. The maximum Gasteiger partial charge on any atom is 0.312 e. The van der Waals surface area contributed by atoms with Crippen LogP contribution in [0.2, 0.25) is 0 Å². The van der Waals surface area contributed by atoms with Crippen LogP contribution in [0.5, 0.6) is 0 Å². The summed E-state index contributed by atoms with van der Waals surface area (Å²) in [7, 11) is 0. The normalized spacial score (nSPS) is 19.5. The van der Waals surface area contributed by atoms with Crippen molar-refractivity contribution in [2.45, 2.75) is 104 Å². The summed E-state index contributed by atoms with van der Waals surface area (Å²) >= 11 is 0. The first-order valence-corrected chi connectivity index (χ1v) is 15.2. The summed E-state index contributed by atoms with van der Waals surface area (Å²) < 4.78 is 5.63. The lowest BCUT2D eigenvalue weighted by molar-refractivity contribution is -0.166. The average molecular weight is 580 g/mol. The Balaban J connectivity index is 1.33. The molecule has 10 heteroatoms. The number of nitrogens with one attached hydrogen (secondary N) is 3. The van der Waals surface area contributed by atoms with Crippen LogP contribution in [0.25, 0.3) is 10.9 Å². The van der Waals surface area contributed by atoms with E-state index in [-0.39, 0.29) is 23.8 Å². The van der Waals surface area contributed by atoms with Gasteiger partial charge in [-0.05, 0) is 83.9 Å². The molecule has 2 fully saturated rings. The second-order valence-corrected chi connectivity index (χ2v) is 12.3. The van der Waals surface area contributed by atoms with E-state index in [2.05, 4.69) is 41.2 Å². The van der Waals surface area contributed by atoms with E-state index in [4.69, 9.17) is 9.72 Å². The maximum absolute atomic E-state index is 13.3. The van der Waals surface area contributed by atoms with Gasteiger partial charge in [-0.25, -0.2) is 5.43 Å². The Morgan fingerprint density at radius 2 is 1.79 bits per heavy atom. The van der Waals surface area contributed by atoms with Crippen LogP contribution >= 0.6 is 0 Å². The van der Waals surface area contributed by atoms with Crippen LogP contribution in [0.15, 0.2) is 30.3 Å². The molecule has 4 atom stereocenters. The summed E-state index contributed by atoms with van der Waals surface area (Å²) in [4.78, 5) is 56.9. The molecule has 1 aliphatic carbocycles. The molecular formula is C32H45N5O5. The fourth-order valence-electron chi connectivity index (χ4n) is 4.93. The number of ether oxygens (including phenoxy) is 1. The van der Waals surface area contributed by atoms with Gasteiger partial charge in [0.2, 0.25) is 5.91 Å². The number of rotatable bonds is 11. The minimum absolute atomic E-state index is 0.0297. The molecule has 42 heavy (non-hydrogen) atoms. The van der Waals surface area contributed by atoms with Gasteiger partial charge in [0.1, 0.15) is 12.1 Å². The molecule has 3 amide bonds.